The van der Waals surface area contributed by atoms with Crippen molar-refractivity contribution in [1.29, 1.82) is 0 Å². The van der Waals surface area contributed by atoms with Crippen LogP contribution in [0.1, 0.15) is 16.4 Å². The molecular formula is C20H16Cl2F3N9O3. The maximum Gasteiger partial charge on any atom is 0.416 e. The summed E-state index contributed by atoms with van der Waals surface area (Å²) >= 11 is 12.1. The third-order valence-electron chi connectivity index (χ3n) is 5.01. The van der Waals surface area contributed by atoms with Gasteiger partial charge in [0.15, 0.2) is 17.8 Å². The average molecular weight is 558 g/mol. The Bertz CT molecular complexity index is 1500. The van der Waals surface area contributed by atoms with Crippen molar-refractivity contribution in [2.45, 2.75) is 25.4 Å². The van der Waals surface area contributed by atoms with E-state index in [1.54, 1.807) is 0 Å². The average Bonchev–Trinajstić information content (AvgIpc) is 3.40. The molecule has 4 rings (SSSR count). The lowest BCUT2D eigenvalue weighted by atomic mass is 10.2. The maximum absolute atomic E-state index is 13.1. The summed E-state index contributed by atoms with van der Waals surface area (Å²) in [4.78, 5) is 33.4. The van der Waals surface area contributed by atoms with Gasteiger partial charge in [0, 0.05) is 16.8 Å². The molecule has 0 bridgehead atoms. The van der Waals surface area contributed by atoms with Gasteiger partial charge in [0.2, 0.25) is 5.82 Å². The van der Waals surface area contributed by atoms with E-state index in [9.17, 15) is 27.9 Å². The first kappa shape index (κ1) is 26.3. The highest BCUT2D eigenvalue weighted by atomic mass is 35.5. The van der Waals surface area contributed by atoms with Gasteiger partial charge >= 0.3 is 17.8 Å². The Kier molecular flexibility index (Phi) is 7.31. The van der Waals surface area contributed by atoms with Crippen molar-refractivity contribution < 1.29 is 23.1 Å². The summed E-state index contributed by atoms with van der Waals surface area (Å²) in [6.07, 6.45) is -5.09. The summed E-state index contributed by atoms with van der Waals surface area (Å²) in [6.45, 7) is -1.57. The van der Waals surface area contributed by atoms with Crippen LogP contribution in [0.25, 0.3) is 17.1 Å². The van der Waals surface area contributed by atoms with Crippen LogP contribution in [-0.4, -0.2) is 57.4 Å². The van der Waals surface area contributed by atoms with Gasteiger partial charge in [-0.25, -0.2) is 25.0 Å². The number of nitrogen functional groups attached to an aromatic ring is 1. The van der Waals surface area contributed by atoms with Crippen molar-refractivity contribution >= 4 is 29.1 Å². The number of nitrogens with zero attached hydrogens (tertiary/aromatic N) is 7. The Morgan fingerprint density at radius 1 is 1.16 bits per heavy atom. The molecule has 0 radical (unpaired) electrons. The van der Waals surface area contributed by atoms with Crippen molar-refractivity contribution in [3.63, 3.8) is 0 Å². The van der Waals surface area contributed by atoms with Crippen molar-refractivity contribution in [2.75, 3.05) is 0 Å². The molecule has 0 unspecified atom stereocenters. The summed E-state index contributed by atoms with van der Waals surface area (Å²) in [5.41, 5.74) is 1.36. The number of pyridine rings is 1. The molecule has 0 aliphatic carbocycles. The van der Waals surface area contributed by atoms with E-state index in [0.717, 1.165) is 9.36 Å². The molecule has 37 heavy (non-hydrogen) atoms. The number of nitrogens with one attached hydrogen (secondary N) is 1. The Morgan fingerprint density at radius 3 is 2.49 bits per heavy atom. The lowest BCUT2D eigenvalue weighted by molar-refractivity contribution is -0.207. The van der Waals surface area contributed by atoms with Crippen LogP contribution in [0.5, 0.6) is 0 Å². The van der Waals surface area contributed by atoms with E-state index in [0.29, 0.717) is 9.59 Å². The minimum Gasteiger partial charge on any atom is -0.382 e. The number of hydrogen-bond donors (Lipinski definition) is 3. The van der Waals surface area contributed by atoms with E-state index in [-0.39, 0.29) is 33.7 Å². The van der Waals surface area contributed by atoms with Crippen LogP contribution in [0.2, 0.25) is 10.0 Å². The molecule has 0 saturated carbocycles. The number of halogens is 5. The zero-order valence-corrected chi connectivity index (χ0v) is 19.9. The zero-order chi connectivity index (χ0) is 26.9. The van der Waals surface area contributed by atoms with Crippen LogP contribution in [0.3, 0.4) is 0 Å². The van der Waals surface area contributed by atoms with Crippen molar-refractivity contribution in [1.82, 2.24) is 39.5 Å². The lowest BCUT2D eigenvalue weighted by Crippen LogP contribution is -2.37. The van der Waals surface area contributed by atoms with Gasteiger partial charge in [-0.1, -0.05) is 23.2 Å². The lowest BCUT2D eigenvalue weighted by Gasteiger charge is -2.15. The number of carbonyl (C=O) groups excluding carboxylic acids is 1. The minimum absolute atomic E-state index is 0.121. The van der Waals surface area contributed by atoms with E-state index in [1.165, 1.54) is 42.7 Å². The molecule has 3 heterocycles. The molecule has 194 valence electrons. The first-order valence-electron chi connectivity index (χ1n) is 10.2. The SMILES string of the molecule is NNC(=O)c1nc(Cn2nc(-c3ccc(Cl)cc3)n(C[C@H](O)C(F)(F)F)c2=O)nn1-c1cnccc1Cl. The van der Waals surface area contributed by atoms with Crippen LogP contribution in [0.4, 0.5) is 13.2 Å². The number of aliphatic hydroxyl groups is 1. The molecule has 4 aromatic rings. The molecule has 3 aromatic heterocycles. The molecule has 0 aliphatic heterocycles. The summed E-state index contributed by atoms with van der Waals surface area (Å²) < 4.78 is 41.7. The van der Waals surface area contributed by atoms with Gasteiger partial charge in [-0.2, -0.15) is 13.2 Å². The molecule has 0 spiro atoms. The van der Waals surface area contributed by atoms with E-state index >= 15 is 0 Å². The van der Waals surface area contributed by atoms with Crippen molar-refractivity contribution in [2.24, 2.45) is 5.84 Å². The third-order valence-corrected chi connectivity index (χ3v) is 5.58. The Labute approximate surface area is 215 Å². The van der Waals surface area contributed by atoms with Gasteiger partial charge in [0.1, 0.15) is 12.2 Å². The fourth-order valence-electron chi connectivity index (χ4n) is 3.26. The second-order valence-corrected chi connectivity index (χ2v) is 8.35. The van der Waals surface area contributed by atoms with E-state index < -0.39 is 37.0 Å². The molecule has 1 atom stereocenters. The van der Waals surface area contributed by atoms with Gasteiger partial charge in [-0.3, -0.25) is 19.8 Å². The van der Waals surface area contributed by atoms with Crippen LogP contribution >= 0.6 is 23.2 Å². The monoisotopic (exact) mass is 557 g/mol. The largest absolute Gasteiger partial charge is 0.416 e. The van der Waals surface area contributed by atoms with Gasteiger partial charge in [-0.05, 0) is 30.3 Å². The highest BCUT2D eigenvalue weighted by Gasteiger charge is 2.39. The molecule has 0 aliphatic rings. The molecule has 12 nitrogen and oxygen atoms in total. The van der Waals surface area contributed by atoms with E-state index in [2.05, 4.69) is 20.2 Å². The quantitative estimate of drug-likeness (QED) is 0.175. The smallest absolute Gasteiger partial charge is 0.382 e. The molecule has 1 amide bonds. The number of benzene rings is 1. The number of aliphatic hydroxyl groups excluding tert-OH is 1. The number of amides is 1. The van der Waals surface area contributed by atoms with E-state index in [4.69, 9.17) is 29.0 Å². The normalized spacial score (nSPS) is 12.5. The summed E-state index contributed by atoms with van der Waals surface area (Å²) in [5, 5.41) is 18.4. The number of hydrogen-bond acceptors (Lipinski definition) is 8. The maximum atomic E-state index is 13.1. The highest BCUT2D eigenvalue weighted by molar-refractivity contribution is 6.32. The fraction of sp³-hybridized carbons (Fsp3) is 0.200. The molecule has 17 heteroatoms. The third kappa shape index (κ3) is 5.48. The zero-order valence-electron chi connectivity index (χ0n) is 18.4. The Balaban J connectivity index is 1.79. The van der Waals surface area contributed by atoms with Gasteiger partial charge in [-0.15, -0.1) is 10.2 Å². The summed E-state index contributed by atoms with van der Waals surface area (Å²) in [6, 6.07) is 7.27. The second kappa shape index (κ2) is 10.3. The number of alkyl halides is 3. The number of rotatable bonds is 7. The number of nitrogens with two attached hydrogens (primary N) is 1. The van der Waals surface area contributed by atoms with Gasteiger partial charge in [0.05, 0.1) is 17.8 Å². The number of hydrazine groups is 1. The van der Waals surface area contributed by atoms with Gasteiger partial charge in [0.25, 0.3) is 0 Å². The first-order chi connectivity index (χ1) is 17.5. The molecular weight excluding hydrogens is 542 g/mol. The molecule has 4 N–H and O–H groups in total. The standard InChI is InChI=1S/C20H16Cl2F3N9O3/c21-11-3-1-10(2-4-11)16-31-33(19(37)32(16)8-14(35)20(23,24)25)9-15-28-17(18(36)29-26)34(30-15)13-7-27-6-5-12(13)22/h1-7,14,35H,8-9,26H2,(H,29,36)/t14-/m0/s1. The predicted octanol–water partition coefficient (Wildman–Crippen LogP) is 1.57. The van der Waals surface area contributed by atoms with Crippen molar-refractivity contribution in [3.8, 4) is 17.1 Å². The second-order valence-electron chi connectivity index (χ2n) is 7.50. The first-order valence-corrected chi connectivity index (χ1v) is 11.0. The van der Waals surface area contributed by atoms with Crippen molar-refractivity contribution in [3.05, 3.63) is 74.9 Å². The minimum atomic E-state index is -4.98. The summed E-state index contributed by atoms with van der Waals surface area (Å²) in [5.74, 6) is 3.80. The van der Waals surface area contributed by atoms with Crippen LogP contribution in [-0.2, 0) is 13.1 Å². The summed E-state index contributed by atoms with van der Waals surface area (Å²) in [7, 11) is 0. The van der Waals surface area contributed by atoms with Crippen LogP contribution in [0, 0.1) is 0 Å². The molecule has 0 fully saturated rings. The highest BCUT2D eigenvalue weighted by Crippen LogP contribution is 2.24. The topological polar surface area (TPSA) is 159 Å². The van der Waals surface area contributed by atoms with Crippen LogP contribution < -0.4 is 17.0 Å². The Hall–Kier alpha value is -3.79. The molecule has 1 aromatic carbocycles. The Morgan fingerprint density at radius 2 is 1.86 bits per heavy atom. The number of carbonyl (C=O) groups is 1. The predicted molar refractivity (Wildman–Crippen MR) is 124 cm³/mol. The number of aromatic nitrogens is 7. The van der Waals surface area contributed by atoms with E-state index in [1.807, 2.05) is 5.43 Å². The van der Waals surface area contributed by atoms with Gasteiger partial charge < -0.3 is 5.11 Å². The van der Waals surface area contributed by atoms with Crippen LogP contribution in [0.15, 0.2) is 47.5 Å². The fourth-order valence-corrected chi connectivity index (χ4v) is 3.57. The molecule has 0 saturated heterocycles.